The third kappa shape index (κ3) is 24.9. The first-order valence-electron chi connectivity index (χ1n) is 29.9. The fraction of sp³-hybridized carbons (Fsp3) is 0.433. The molecule has 4 amide bonds. The van der Waals surface area contributed by atoms with Crippen LogP contribution in [0.5, 0.6) is 11.5 Å². The molecule has 0 aliphatic rings. The lowest BCUT2D eigenvalue weighted by Crippen LogP contribution is -2.32. The van der Waals surface area contributed by atoms with Crippen LogP contribution in [0.3, 0.4) is 0 Å². The number of hydrogen-bond donors (Lipinski definition) is 4. The topological polar surface area (TPSA) is 227 Å². The van der Waals surface area contributed by atoms with Crippen molar-refractivity contribution in [3.8, 4) is 33.8 Å². The third-order valence-electron chi connectivity index (χ3n) is 13.5. The van der Waals surface area contributed by atoms with Gasteiger partial charge in [0.1, 0.15) is 34.4 Å². The molecule has 468 valence electrons. The highest BCUT2D eigenvalue weighted by Gasteiger charge is 2.13. The van der Waals surface area contributed by atoms with Crippen molar-refractivity contribution in [3.63, 3.8) is 0 Å². The molecule has 0 unspecified atom stereocenters. The molecule has 0 fully saturated rings. The monoisotopic (exact) mass is 1200 g/mol. The Morgan fingerprint density at radius 1 is 0.391 bits per heavy atom. The van der Waals surface area contributed by atoms with Crippen LogP contribution >= 0.6 is 0 Å². The SMILES string of the molecule is Cc1ccc(NC(=O)NCCOCCOCCOCCOCc2cc(CCCOc3c(C)cc(-c4ccccc4)cc3C)on2)cc1NC(=O)NCCOCCOCCOCCOCc1cc(CCCOc2c(C)cc(-c3ccccc3)cc2C)on1. The molecule has 20 nitrogen and oxygen atoms in total. The van der Waals surface area contributed by atoms with Crippen LogP contribution < -0.4 is 30.7 Å². The molecule has 2 aromatic heterocycles. The molecule has 2 heterocycles. The number of nitrogens with zero attached hydrogens (tertiary/aromatic N) is 2. The van der Waals surface area contributed by atoms with E-state index in [0.717, 1.165) is 75.1 Å². The molecule has 5 aromatic carbocycles. The second kappa shape index (κ2) is 38.5. The van der Waals surface area contributed by atoms with Crippen molar-refractivity contribution in [2.75, 3.05) is 129 Å². The van der Waals surface area contributed by atoms with Crippen molar-refractivity contribution in [2.24, 2.45) is 0 Å². The number of aromatic nitrogens is 2. The standard InChI is InChI=1S/C67H86N6O14/c1-49-20-21-58(70-66(74)68-22-26-76-28-30-78-32-34-80-36-38-82-47-59-44-61(86-72-59)18-12-24-84-64-50(2)40-56(41-51(64)3)54-14-8-6-9-15-54)46-63(49)71-67(75)69-23-27-77-29-31-79-33-35-81-37-39-83-48-60-45-62(87-73-60)19-13-25-85-65-52(4)42-57(43-53(65)5)55-16-10-7-11-17-55/h6-11,14-17,20-21,40-46H,12-13,18-19,22-39,47-48H2,1-5H3,(H2,68,70,74)(H2,69,71,75). The van der Waals surface area contributed by atoms with Crippen LogP contribution in [0.25, 0.3) is 22.3 Å². The minimum absolute atomic E-state index is 0.295. The number of amides is 4. The van der Waals surface area contributed by atoms with E-state index in [1.54, 1.807) is 12.1 Å². The number of hydrogen-bond acceptors (Lipinski definition) is 16. The van der Waals surface area contributed by atoms with Gasteiger partial charge >= 0.3 is 12.1 Å². The summed E-state index contributed by atoms with van der Waals surface area (Å²) in [5.41, 5.74) is 12.6. The van der Waals surface area contributed by atoms with E-state index in [1.165, 1.54) is 22.3 Å². The van der Waals surface area contributed by atoms with Crippen molar-refractivity contribution in [1.82, 2.24) is 20.9 Å². The van der Waals surface area contributed by atoms with Gasteiger partial charge in [-0.25, -0.2) is 9.59 Å². The number of aryl methyl sites for hydroxylation is 7. The molecular weight excluding hydrogens is 1110 g/mol. The van der Waals surface area contributed by atoms with Crippen molar-refractivity contribution in [3.05, 3.63) is 166 Å². The van der Waals surface area contributed by atoms with E-state index < -0.39 is 12.1 Å². The van der Waals surface area contributed by atoms with Crippen molar-refractivity contribution < 1.29 is 66.0 Å². The summed E-state index contributed by atoms with van der Waals surface area (Å²) in [7, 11) is 0. The summed E-state index contributed by atoms with van der Waals surface area (Å²) in [5, 5.41) is 19.4. The molecule has 4 N–H and O–H groups in total. The molecule has 20 heteroatoms. The molecule has 0 saturated carbocycles. The molecule has 0 aliphatic heterocycles. The zero-order chi connectivity index (χ0) is 61.1. The van der Waals surface area contributed by atoms with Crippen LogP contribution in [0.4, 0.5) is 21.0 Å². The maximum atomic E-state index is 12.6. The summed E-state index contributed by atoms with van der Waals surface area (Å²) in [6.07, 6.45) is 3.03. The first kappa shape index (κ1) is 66.9. The van der Waals surface area contributed by atoms with Gasteiger partial charge in [-0.05, 0) is 134 Å². The Morgan fingerprint density at radius 2 is 0.770 bits per heavy atom. The molecule has 0 bridgehead atoms. The van der Waals surface area contributed by atoms with Crippen molar-refractivity contribution in [1.29, 1.82) is 0 Å². The number of carbonyl (C=O) groups is 2. The number of anilines is 2. The molecular formula is C67H86N6O14. The first-order chi connectivity index (χ1) is 42.6. The van der Waals surface area contributed by atoms with Gasteiger partial charge in [0.05, 0.1) is 119 Å². The summed E-state index contributed by atoms with van der Waals surface area (Å²) in [5.74, 6) is 3.45. The van der Waals surface area contributed by atoms with E-state index >= 15 is 0 Å². The Morgan fingerprint density at radius 3 is 1.18 bits per heavy atom. The predicted molar refractivity (Wildman–Crippen MR) is 333 cm³/mol. The number of nitrogens with one attached hydrogen (secondary N) is 4. The van der Waals surface area contributed by atoms with E-state index in [4.69, 9.17) is 56.4 Å². The zero-order valence-electron chi connectivity index (χ0n) is 51.1. The quantitative estimate of drug-likeness (QED) is 0.0261. The van der Waals surface area contributed by atoms with Crippen LogP contribution in [0.2, 0.25) is 0 Å². The van der Waals surface area contributed by atoms with Gasteiger partial charge in [-0.2, -0.15) is 0 Å². The summed E-state index contributed by atoms with van der Waals surface area (Å²) >= 11 is 0. The maximum Gasteiger partial charge on any atom is 0.319 e. The Bertz CT molecular complexity index is 3060. The number of ether oxygens (including phenoxy) is 10. The molecule has 0 aliphatic carbocycles. The maximum absolute atomic E-state index is 12.6. The van der Waals surface area contributed by atoms with Gasteiger partial charge in [-0.15, -0.1) is 0 Å². The lowest BCUT2D eigenvalue weighted by atomic mass is 10.00. The van der Waals surface area contributed by atoms with Crippen molar-refractivity contribution in [2.45, 2.75) is 73.5 Å². The highest BCUT2D eigenvalue weighted by Crippen LogP contribution is 2.32. The van der Waals surface area contributed by atoms with Crippen LogP contribution in [0.1, 0.15) is 63.6 Å². The smallest absolute Gasteiger partial charge is 0.319 e. The van der Waals surface area contributed by atoms with Gasteiger partial charge < -0.3 is 77.7 Å². The number of carbonyl (C=O) groups excluding carboxylic acids is 2. The molecule has 0 saturated heterocycles. The first-order valence-corrected chi connectivity index (χ1v) is 29.9. The second-order valence-electron chi connectivity index (χ2n) is 20.7. The Kier molecular flexibility index (Phi) is 29.6. The lowest BCUT2D eigenvalue weighted by molar-refractivity contribution is -0.00417. The van der Waals surface area contributed by atoms with E-state index in [1.807, 2.05) is 37.3 Å². The number of rotatable bonds is 42. The molecule has 7 aromatic rings. The van der Waals surface area contributed by atoms with Crippen LogP contribution in [-0.2, 0) is 64.0 Å². The molecule has 0 radical (unpaired) electrons. The Labute approximate surface area is 511 Å². The lowest BCUT2D eigenvalue weighted by Gasteiger charge is -2.14. The van der Waals surface area contributed by atoms with E-state index in [9.17, 15) is 9.59 Å². The van der Waals surface area contributed by atoms with E-state index in [0.29, 0.717) is 156 Å². The van der Waals surface area contributed by atoms with Gasteiger partial charge in [0, 0.05) is 49.4 Å². The summed E-state index contributed by atoms with van der Waals surface area (Å²) in [6.45, 7) is 18.1. The third-order valence-corrected chi connectivity index (χ3v) is 13.5. The molecule has 0 spiro atoms. The normalized spacial score (nSPS) is 11.2. The summed E-state index contributed by atoms with van der Waals surface area (Å²) in [4.78, 5) is 25.2. The largest absolute Gasteiger partial charge is 0.493 e. The fourth-order valence-electron chi connectivity index (χ4n) is 9.20. The highest BCUT2D eigenvalue weighted by molar-refractivity contribution is 5.93. The predicted octanol–water partition coefficient (Wildman–Crippen LogP) is 11.3. The fourth-order valence-corrected chi connectivity index (χ4v) is 9.20. The minimum Gasteiger partial charge on any atom is -0.493 e. The number of benzene rings is 5. The van der Waals surface area contributed by atoms with Crippen LogP contribution in [0.15, 0.2) is 124 Å². The molecule has 0 atom stereocenters. The van der Waals surface area contributed by atoms with E-state index in [-0.39, 0.29) is 0 Å². The average molecular weight is 1200 g/mol. The molecule has 7 rings (SSSR count). The van der Waals surface area contributed by atoms with Gasteiger partial charge in [-0.3, -0.25) is 0 Å². The van der Waals surface area contributed by atoms with Gasteiger partial charge in [0.2, 0.25) is 0 Å². The molecule has 87 heavy (non-hydrogen) atoms. The van der Waals surface area contributed by atoms with Gasteiger partial charge in [-0.1, -0.05) is 77.0 Å². The highest BCUT2D eigenvalue weighted by atomic mass is 16.6. The van der Waals surface area contributed by atoms with Gasteiger partial charge in [0.25, 0.3) is 0 Å². The van der Waals surface area contributed by atoms with E-state index in [2.05, 4.69) is 132 Å². The zero-order valence-corrected chi connectivity index (χ0v) is 51.1. The summed E-state index contributed by atoms with van der Waals surface area (Å²) in [6, 6.07) is 37.7. The Hall–Kier alpha value is -7.66. The van der Waals surface area contributed by atoms with Crippen molar-refractivity contribution >= 4 is 23.4 Å². The minimum atomic E-state index is -0.403. The second-order valence-corrected chi connectivity index (χ2v) is 20.7. The summed E-state index contributed by atoms with van der Waals surface area (Å²) < 4.78 is 68.3. The van der Waals surface area contributed by atoms with Crippen LogP contribution in [0, 0.1) is 34.6 Å². The van der Waals surface area contributed by atoms with Crippen LogP contribution in [-0.4, -0.2) is 141 Å². The van der Waals surface area contributed by atoms with Gasteiger partial charge in [0.15, 0.2) is 0 Å². The number of urea groups is 2. The Balaban J connectivity index is 0.597. The average Bonchev–Trinajstić information content (AvgIpc) is 4.11.